The summed E-state index contributed by atoms with van der Waals surface area (Å²) in [5.41, 5.74) is -3.16. The van der Waals surface area contributed by atoms with Crippen LogP contribution in [0.2, 0.25) is 0 Å². The Morgan fingerprint density at radius 2 is 1.80 bits per heavy atom. The highest BCUT2D eigenvalue weighted by Crippen LogP contribution is 2.37. The normalized spacial score (nSPS) is 12.3. The lowest BCUT2D eigenvalue weighted by atomic mass is 10.2. The van der Waals surface area contributed by atoms with Gasteiger partial charge in [0.05, 0.1) is 5.56 Å². The van der Waals surface area contributed by atoms with Crippen LogP contribution >= 0.6 is 22.6 Å². The van der Waals surface area contributed by atoms with Gasteiger partial charge in [0.15, 0.2) is 5.69 Å². The maximum atomic E-state index is 12.5. The quantitative estimate of drug-likeness (QED) is 0.430. The Bertz CT molecular complexity index is 374. The summed E-state index contributed by atoms with van der Waals surface area (Å²) in [6.45, 7) is 0. The molecule has 0 fully saturated rings. The van der Waals surface area contributed by atoms with Gasteiger partial charge in [-0.15, -0.1) is 0 Å². The second kappa shape index (κ2) is 4.14. The zero-order valence-electron chi connectivity index (χ0n) is 6.75. The van der Waals surface area contributed by atoms with Crippen LogP contribution in [0.15, 0.2) is 6.07 Å². The molecule has 0 aliphatic carbocycles. The molecule has 1 heterocycles. The third kappa shape index (κ3) is 2.73. The molecule has 1 aromatic rings. The van der Waals surface area contributed by atoms with Crippen LogP contribution < -0.4 is 0 Å². The van der Waals surface area contributed by atoms with E-state index in [1.54, 1.807) is 0 Å². The summed E-state index contributed by atoms with van der Waals surface area (Å²) in [5, 5.41) is 0. The van der Waals surface area contributed by atoms with Gasteiger partial charge >= 0.3 is 6.18 Å². The van der Waals surface area contributed by atoms with E-state index < -0.39 is 33.4 Å². The number of halogens is 7. The first-order valence-corrected chi connectivity index (χ1v) is 4.52. The van der Waals surface area contributed by atoms with Crippen molar-refractivity contribution < 1.29 is 26.3 Å². The van der Waals surface area contributed by atoms with E-state index in [9.17, 15) is 26.3 Å². The summed E-state index contributed by atoms with van der Waals surface area (Å²) in [6.07, 6.45) is -8.44. The molecule has 0 unspecified atom stereocenters. The summed E-state index contributed by atoms with van der Waals surface area (Å²) in [4.78, 5) is 2.45. The summed E-state index contributed by atoms with van der Waals surface area (Å²) < 4.78 is 73.2. The minimum absolute atomic E-state index is 0.498. The number of nitrogens with zero attached hydrogens (tertiary/aromatic N) is 1. The van der Waals surface area contributed by atoms with Crippen LogP contribution in [0.25, 0.3) is 0 Å². The highest BCUT2D eigenvalue weighted by Gasteiger charge is 2.39. The van der Waals surface area contributed by atoms with Gasteiger partial charge in [-0.2, -0.15) is 17.6 Å². The summed E-state index contributed by atoms with van der Waals surface area (Å²) in [5.74, 6) is -1.43. The second-order valence-corrected chi connectivity index (χ2v) is 3.65. The number of aromatic nitrogens is 1. The van der Waals surface area contributed by atoms with Gasteiger partial charge in [0.1, 0.15) is 0 Å². The number of rotatable bonds is 1. The van der Waals surface area contributed by atoms with Gasteiger partial charge in [0, 0.05) is 9.64 Å². The summed E-state index contributed by atoms with van der Waals surface area (Å²) >= 11 is 1.21. The highest BCUT2D eigenvalue weighted by atomic mass is 127. The molecule has 8 heteroatoms. The molecule has 1 aromatic heterocycles. The standard InChI is InChI=1S/C7H2F6IN/c8-3-1-2(14)4(6(9)10)5(15-3)7(11,12)13/h1,6H. The number of pyridine rings is 1. The minimum atomic E-state index is -5.09. The fourth-order valence-electron chi connectivity index (χ4n) is 0.918. The van der Waals surface area contributed by atoms with Crippen molar-refractivity contribution >= 4 is 22.6 Å². The summed E-state index contributed by atoms with van der Waals surface area (Å²) in [6, 6.07) is 0.525. The molecule has 1 rings (SSSR count). The topological polar surface area (TPSA) is 12.9 Å². The Balaban J connectivity index is 3.47. The van der Waals surface area contributed by atoms with Crippen molar-refractivity contribution in [1.29, 1.82) is 0 Å². The first kappa shape index (κ1) is 12.5. The fraction of sp³-hybridized carbons (Fsp3) is 0.286. The van der Waals surface area contributed by atoms with Crippen molar-refractivity contribution in [2.75, 3.05) is 0 Å². The lowest BCUT2D eigenvalue weighted by Crippen LogP contribution is -2.15. The molecule has 0 spiro atoms. The second-order valence-electron chi connectivity index (χ2n) is 2.49. The summed E-state index contributed by atoms with van der Waals surface area (Å²) in [7, 11) is 0. The Morgan fingerprint density at radius 1 is 1.27 bits per heavy atom. The zero-order valence-corrected chi connectivity index (χ0v) is 8.91. The monoisotopic (exact) mass is 341 g/mol. The molecule has 15 heavy (non-hydrogen) atoms. The molecule has 0 radical (unpaired) electrons. The van der Waals surface area contributed by atoms with E-state index in [1.807, 2.05) is 0 Å². The fourth-order valence-corrected chi connectivity index (χ4v) is 1.67. The van der Waals surface area contributed by atoms with Crippen molar-refractivity contribution in [3.63, 3.8) is 0 Å². The molecule has 0 aromatic carbocycles. The molecule has 0 atom stereocenters. The van der Waals surface area contributed by atoms with Crippen LogP contribution in [-0.4, -0.2) is 4.98 Å². The molecule has 0 aliphatic rings. The molecule has 1 nitrogen and oxygen atoms in total. The van der Waals surface area contributed by atoms with Gasteiger partial charge in [0.25, 0.3) is 6.43 Å². The third-order valence-corrected chi connectivity index (χ3v) is 2.36. The van der Waals surface area contributed by atoms with E-state index in [2.05, 4.69) is 4.98 Å². The molecular weight excluding hydrogens is 339 g/mol. The number of hydrogen-bond acceptors (Lipinski definition) is 1. The molecule has 0 N–H and O–H groups in total. The van der Waals surface area contributed by atoms with Crippen LogP contribution in [0.5, 0.6) is 0 Å². The largest absolute Gasteiger partial charge is 0.433 e. The van der Waals surface area contributed by atoms with Crippen LogP contribution in [-0.2, 0) is 6.18 Å². The van der Waals surface area contributed by atoms with Gasteiger partial charge in [-0.25, -0.2) is 13.8 Å². The van der Waals surface area contributed by atoms with Crippen molar-refractivity contribution in [1.82, 2.24) is 4.98 Å². The Morgan fingerprint density at radius 3 is 2.20 bits per heavy atom. The molecule has 0 amide bonds. The smallest absolute Gasteiger partial charge is 0.215 e. The Hall–Kier alpha value is -0.540. The predicted octanol–water partition coefficient (Wildman–Crippen LogP) is 3.78. The van der Waals surface area contributed by atoms with Gasteiger partial charge < -0.3 is 0 Å². The van der Waals surface area contributed by atoms with E-state index in [4.69, 9.17) is 0 Å². The molecule has 0 saturated heterocycles. The van der Waals surface area contributed by atoms with Crippen molar-refractivity contribution in [2.24, 2.45) is 0 Å². The van der Waals surface area contributed by atoms with Crippen molar-refractivity contribution in [3.05, 3.63) is 26.8 Å². The van der Waals surface area contributed by atoms with Crippen LogP contribution in [0.1, 0.15) is 17.7 Å². The molecule has 0 bridgehead atoms. The van der Waals surface area contributed by atoms with Crippen molar-refractivity contribution in [3.8, 4) is 0 Å². The minimum Gasteiger partial charge on any atom is -0.215 e. The average Bonchev–Trinajstić information content (AvgIpc) is 1.99. The van der Waals surface area contributed by atoms with Crippen LogP contribution in [0.4, 0.5) is 26.3 Å². The molecular formula is C7H2F6IN. The average molecular weight is 341 g/mol. The molecule has 84 valence electrons. The lowest BCUT2D eigenvalue weighted by molar-refractivity contribution is -0.143. The highest BCUT2D eigenvalue weighted by molar-refractivity contribution is 14.1. The van der Waals surface area contributed by atoms with E-state index in [0.717, 1.165) is 0 Å². The third-order valence-electron chi connectivity index (χ3n) is 1.46. The van der Waals surface area contributed by atoms with E-state index >= 15 is 0 Å². The maximum Gasteiger partial charge on any atom is 0.433 e. The van der Waals surface area contributed by atoms with Gasteiger partial charge in [0.2, 0.25) is 5.95 Å². The zero-order chi connectivity index (χ0) is 11.8. The van der Waals surface area contributed by atoms with E-state index in [-0.39, 0.29) is 0 Å². The molecule has 0 aliphatic heterocycles. The van der Waals surface area contributed by atoms with Gasteiger partial charge in [-0.1, -0.05) is 0 Å². The number of hydrogen-bond donors (Lipinski definition) is 0. The van der Waals surface area contributed by atoms with Gasteiger partial charge in [-0.3, -0.25) is 0 Å². The van der Waals surface area contributed by atoms with E-state index in [1.165, 1.54) is 22.6 Å². The Kier molecular flexibility index (Phi) is 3.46. The van der Waals surface area contributed by atoms with Crippen LogP contribution in [0, 0.1) is 9.52 Å². The lowest BCUT2D eigenvalue weighted by Gasteiger charge is -2.12. The maximum absolute atomic E-state index is 12.5. The Labute approximate surface area is 93.6 Å². The number of alkyl halides is 5. The SMILES string of the molecule is Fc1cc(I)c(C(F)F)c(C(F)(F)F)n1. The predicted molar refractivity (Wildman–Crippen MR) is 46.9 cm³/mol. The van der Waals surface area contributed by atoms with Crippen molar-refractivity contribution in [2.45, 2.75) is 12.6 Å². The van der Waals surface area contributed by atoms with Gasteiger partial charge in [-0.05, 0) is 22.6 Å². The first-order valence-electron chi connectivity index (χ1n) is 3.44. The molecule has 0 saturated carbocycles. The van der Waals surface area contributed by atoms with E-state index in [0.29, 0.717) is 6.07 Å². The first-order chi connectivity index (χ1) is 6.73. The van der Waals surface area contributed by atoms with Crippen LogP contribution in [0.3, 0.4) is 0 Å².